The summed E-state index contributed by atoms with van der Waals surface area (Å²) in [6.07, 6.45) is -0.915. The van der Waals surface area contributed by atoms with Gasteiger partial charge in [-0.2, -0.15) is 0 Å². The number of carbonyl (C=O) groups is 3. The normalized spacial score (nSPS) is 12.3. The lowest BCUT2D eigenvalue weighted by Gasteiger charge is -2.25. The van der Waals surface area contributed by atoms with Crippen molar-refractivity contribution in [3.8, 4) is 5.75 Å². The van der Waals surface area contributed by atoms with Gasteiger partial charge in [0.25, 0.3) is 5.91 Å². The van der Waals surface area contributed by atoms with Crippen LogP contribution >= 0.6 is 0 Å². The molecule has 0 saturated carbocycles. The predicted octanol–water partition coefficient (Wildman–Crippen LogP) is 2.32. The van der Waals surface area contributed by atoms with Gasteiger partial charge in [-0.05, 0) is 59.2 Å². The van der Waals surface area contributed by atoms with Gasteiger partial charge in [0.2, 0.25) is 5.91 Å². The molecule has 0 bridgehead atoms. The summed E-state index contributed by atoms with van der Waals surface area (Å²) in [6.45, 7) is 10.8. The number of likely N-dealkylation sites (N-methyl/N-ethyl adjacent to an activating group) is 1. The lowest BCUT2D eigenvalue weighted by atomic mass is 10.1. The van der Waals surface area contributed by atoms with Gasteiger partial charge in [0.15, 0.2) is 6.10 Å². The standard InChI is InChI=1S/C21H32N2O5/c1-14(2)27-17-10-8-9-16(11-17)12-19(25)28-15(3)20(26)23(7)13-18(24)22-21(4,5)6/h8-11,14-15H,12-13H2,1-7H3,(H,22,24). The van der Waals surface area contributed by atoms with Crippen LogP contribution in [0.2, 0.25) is 0 Å². The number of hydrogen-bond acceptors (Lipinski definition) is 5. The number of hydrogen-bond donors (Lipinski definition) is 1. The maximum Gasteiger partial charge on any atom is 0.311 e. The molecule has 0 heterocycles. The molecule has 1 aromatic carbocycles. The van der Waals surface area contributed by atoms with Gasteiger partial charge in [-0.15, -0.1) is 0 Å². The molecule has 0 spiro atoms. The topological polar surface area (TPSA) is 84.9 Å². The zero-order valence-electron chi connectivity index (χ0n) is 17.9. The Hall–Kier alpha value is -2.57. The highest BCUT2D eigenvalue weighted by Crippen LogP contribution is 2.16. The number of ether oxygens (including phenoxy) is 2. The van der Waals surface area contributed by atoms with Gasteiger partial charge in [-0.3, -0.25) is 14.4 Å². The van der Waals surface area contributed by atoms with Crippen LogP contribution in [0.5, 0.6) is 5.75 Å². The quantitative estimate of drug-likeness (QED) is 0.687. The van der Waals surface area contributed by atoms with Crippen LogP contribution in [-0.2, 0) is 25.5 Å². The Balaban J connectivity index is 2.57. The molecule has 7 nitrogen and oxygen atoms in total. The van der Waals surface area contributed by atoms with Crippen LogP contribution in [0.25, 0.3) is 0 Å². The second kappa shape index (κ2) is 10.1. The molecule has 1 rings (SSSR count). The number of amides is 2. The third-order valence-electron chi connectivity index (χ3n) is 3.55. The molecule has 2 amide bonds. The summed E-state index contributed by atoms with van der Waals surface area (Å²) in [5, 5.41) is 2.78. The van der Waals surface area contributed by atoms with E-state index in [0.717, 1.165) is 5.56 Å². The SMILES string of the molecule is CC(C)Oc1cccc(CC(=O)OC(C)C(=O)N(C)CC(=O)NC(C)(C)C)c1. The first-order valence-electron chi connectivity index (χ1n) is 9.38. The van der Waals surface area contributed by atoms with Crippen molar-refractivity contribution in [3.63, 3.8) is 0 Å². The summed E-state index contributed by atoms with van der Waals surface area (Å²) in [5.74, 6) is -0.553. The maximum absolute atomic E-state index is 12.4. The van der Waals surface area contributed by atoms with Crippen molar-refractivity contribution in [2.45, 2.75) is 65.7 Å². The molecule has 7 heteroatoms. The lowest BCUT2D eigenvalue weighted by molar-refractivity contribution is -0.158. The van der Waals surface area contributed by atoms with Crippen LogP contribution in [0.15, 0.2) is 24.3 Å². The highest BCUT2D eigenvalue weighted by Gasteiger charge is 2.24. The summed E-state index contributed by atoms with van der Waals surface area (Å²) < 4.78 is 10.8. The van der Waals surface area contributed by atoms with Gasteiger partial charge in [0.1, 0.15) is 5.75 Å². The van der Waals surface area contributed by atoms with E-state index in [9.17, 15) is 14.4 Å². The zero-order valence-corrected chi connectivity index (χ0v) is 17.9. The predicted molar refractivity (Wildman–Crippen MR) is 107 cm³/mol. The molecule has 0 aliphatic carbocycles. The molecule has 156 valence electrons. The van der Waals surface area contributed by atoms with Crippen molar-refractivity contribution >= 4 is 17.8 Å². The first-order chi connectivity index (χ1) is 12.9. The number of nitrogens with zero attached hydrogens (tertiary/aromatic N) is 1. The fourth-order valence-corrected chi connectivity index (χ4v) is 2.52. The summed E-state index contributed by atoms with van der Waals surface area (Å²) in [6, 6.07) is 7.19. The minimum absolute atomic E-state index is 0.0289. The lowest BCUT2D eigenvalue weighted by Crippen LogP contribution is -2.48. The van der Waals surface area contributed by atoms with Crippen molar-refractivity contribution in [1.29, 1.82) is 0 Å². The van der Waals surface area contributed by atoms with Gasteiger partial charge in [0, 0.05) is 12.6 Å². The first-order valence-corrected chi connectivity index (χ1v) is 9.38. The minimum Gasteiger partial charge on any atom is -0.491 e. The Morgan fingerprint density at radius 3 is 2.36 bits per heavy atom. The van der Waals surface area contributed by atoms with E-state index < -0.39 is 18.0 Å². The molecular weight excluding hydrogens is 360 g/mol. The van der Waals surface area contributed by atoms with Gasteiger partial charge in [-0.1, -0.05) is 12.1 Å². The van der Waals surface area contributed by atoms with E-state index in [4.69, 9.17) is 9.47 Å². The summed E-state index contributed by atoms with van der Waals surface area (Å²) in [7, 11) is 1.50. The molecular formula is C21H32N2O5. The van der Waals surface area contributed by atoms with Crippen molar-refractivity contribution in [2.24, 2.45) is 0 Å². The van der Waals surface area contributed by atoms with E-state index in [1.807, 2.05) is 40.7 Å². The second-order valence-electron chi connectivity index (χ2n) is 8.12. The molecule has 0 aliphatic heterocycles. The smallest absolute Gasteiger partial charge is 0.311 e. The molecule has 0 aromatic heterocycles. The first kappa shape index (κ1) is 23.5. The Morgan fingerprint density at radius 1 is 1.14 bits per heavy atom. The molecule has 0 radical (unpaired) electrons. The van der Waals surface area contributed by atoms with Crippen LogP contribution in [0.1, 0.15) is 47.1 Å². The maximum atomic E-state index is 12.4. The van der Waals surface area contributed by atoms with E-state index in [-0.39, 0.29) is 30.5 Å². The van der Waals surface area contributed by atoms with Crippen LogP contribution in [0, 0.1) is 0 Å². The van der Waals surface area contributed by atoms with E-state index in [0.29, 0.717) is 5.75 Å². The molecule has 1 aromatic rings. The average molecular weight is 392 g/mol. The third-order valence-corrected chi connectivity index (χ3v) is 3.55. The van der Waals surface area contributed by atoms with Crippen molar-refractivity contribution < 1.29 is 23.9 Å². The number of benzene rings is 1. The van der Waals surface area contributed by atoms with E-state index in [1.165, 1.54) is 18.9 Å². The fraction of sp³-hybridized carbons (Fsp3) is 0.571. The van der Waals surface area contributed by atoms with Crippen LogP contribution < -0.4 is 10.1 Å². The highest BCUT2D eigenvalue weighted by molar-refractivity contribution is 5.88. The average Bonchev–Trinajstić information content (AvgIpc) is 2.51. The molecule has 0 fully saturated rings. The van der Waals surface area contributed by atoms with E-state index in [1.54, 1.807) is 18.2 Å². The monoisotopic (exact) mass is 392 g/mol. The summed E-state index contributed by atoms with van der Waals surface area (Å²) in [4.78, 5) is 37.7. The van der Waals surface area contributed by atoms with Crippen LogP contribution in [0.3, 0.4) is 0 Å². The number of carbonyl (C=O) groups excluding carboxylic acids is 3. The Labute approximate surface area is 167 Å². The van der Waals surface area contributed by atoms with Crippen molar-refractivity contribution in [1.82, 2.24) is 10.2 Å². The van der Waals surface area contributed by atoms with Crippen LogP contribution in [0.4, 0.5) is 0 Å². The Bertz CT molecular complexity index is 694. The number of esters is 1. The molecule has 0 saturated heterocycles. The molecule has 0 aliphatic rings. The van der Waals surface area contributed by atoms with Crippen LogP contribution in [-0.4, -0.2) is 54.0 Å². The largest absolute Gasteiger partial charge is 0.491 e. The highest BCUT2D eigenvalue weighted by atomic mass is 16.5. The Morgan fingerprint density at radius 2 is 1.79 bits per heavy atom. The molecule has 1 unspecified atom stereocenters. The van der Waals surface area contributed by atoms with Gasteiger partial charge in [0.05, 0.1) is 19.1 Å². The number of nitrogens with one attached hydrogen (secondary N) is 1. The molecule has 28 heavy (non-hydrogen) atoms. The van der Waals surface area contributed by atoms with E-state index >= 15 is 0 Å². The van der Waals surface area contributed by atoms with Crippen molar-refractivity contribution in [2.75, 3.05) is 13.6 Å². The zero-order chi connectivity index (χ0) is 21.5. The van der Waals surface area contributed by atoms with Crippen molar-refractivity contribution in [3.05, 3.63) is 29.8 Å². The number of rotatable bonds is 8. The van der Waals surface area contributed by atoms with Gasteiger partial charge in [-0.25, -0.2) is 0 Å². The van der Waals surface area contributed by atoms with Gasteiger partial charge >= 0.3 is 5.97 Å². The summed E-state index contributed by atoms with van der Waals surface area (Å²) >= 11 is 0. The Kier molecular flexibility index (Phi) is 8.47. The third kappa shape index (κ3) is 8.88. The second-order valence-corrected chi connectivity index (χ2v) is 8.12. The molecule has 1 N–H and O–H groups in total. The van der Waals surface area contributed by atoms with E-state index in [2.05, 4.69) is 5.32 Å². The summed E-state index contributed by atoms with van der Waals surface area (Å²) in [5.41, 5.74) is 0.355. The fourth-order valence-electron chi connectivity index (χ4n) is 2.52. The molecule has 1 atom stereocenters. The minimum atomic E-state index is -0.977. The van der Waals surface area contributed by atoms with Gasteiger partial charge < -0.3 is 19.7 Å².